The molecule has 1 heterocycles. The van der Waals surface area contributed by atoms with Crippen LogP contribution in [0, 0.1) is 18.2 Å². The predicted octanol–water partition coefficient (Wildman–Crippen LogP) is 4.58. The Balaban J connectivity index is 2.16. The molecule has 0 fully saturated rings. The van der Waals surface area contributed by atoms with Gasteiger partial charge in [0.1, 0.15) is 11.5 Å². The van der Waals surface area contributed by atoms with E-state index in [4.69, 9.17) is 0 Å². The molecule has 0 radical (unpaired) electrons. The topological polar surface area (TPSA) is 68.2 Å². The summed E-state index contributed by atoms with van der Waals surface area (Å²) in [4.78, 5) is 12.8. The first-order valence-electron chi connectivity index (χ1n) is 8.44. The van der Waals surface area contributed by atoms with Gasteiger partial charge in [-0.25, -0.2) is 12.8 Å². The molecule has 0 amide bonds. The summed E-state index contributed by atoms with van der Waals surface area (Å²) in [6.07, 6.45) is 1.53. The Hall–Kier alpha value is -2.67. The van der Waals surface area contributed by atoms with E-state index in [0.29, 0.717) is 5.39 Å². The average Bonchev–Trinajstić information content (AvgIpc) is 3.00. The second kappa shape index (κ2) is 6.49. The number of sulfonamides is 1. The first-order valence-corrected chi connectivity index (χ1v) is 9.93. The molecule has 142 valence electrons. The Labute approximate surface area is 157 Å². The molecule has 0 spiro atoms. The number of nitrogens with zero attached hydrogens (tertiary/aromatic N) is 1. The molecule has 3 aromatic rings. The van der Waals surface area contributed by atoms with E-state index in [1.54, 1.807) is 39.0 Å². The van der Waals surface area contributed by atoms with Crippen molar-refractivity contribution in [3.05, 3.63) is 60.0 Å². The number of hydrogen-bond acceptors (Lipinski definition) is 3. The van der Waals surface area contributed by atoms with Crippen molar-refractivity contribution in [1.29, 1.82) is 0 Å². The second-order valence-electron chi connectivity index (χ2n) is 7.52. The molecular formula is C20H21FN2O3S. The average molecular weight is 388 g/mol. The van der Waals surface area contributed by atoms with Crippen molar-refractivity contribution in [1.82, 2.24) is 4.57 Å². The molecule has 27 heavy (non-hydrogen) atoms. The van der Waals surface area contributed by atoms with Gasteiger partial charge in [0.2, 0.25) is 5.91 Å². The molecular weight excluding hydrogens is 367 g/mol. The molecule has 5 nitrogen and oxygen atoms in total. The highest BCUT2D eigenvalue weighted by atomic mass is 32.2. The number of rotatable bonds is 3. The smallest absolute Gasteiger partial charge is 0.262 e. The fraction of sp³-hybridized carbons (Fsp3) is 0.250. The Bertz CT molecular complexity index is 1120. The second-order valence-corrected chi connectivity index (χ2v) is 9.20. The van der Waals surface area contributed by atoms with Crippen LogP contribution in [0.4, 0.5) is 10.1 Å². The Kier molecular flexibility index (Phi) is 4.59. The minimum atomic E-state index is -4.01. The molecule has 0 aliphatic rings. The molecule has 0 saturated heterocycles. The van der Waals surface area contributed by atoms with Crippen LogP contribution in [0.3, 0.4) is 0 Å². The third kappa shape index (κ3) is 3.60. The fourth-order valence-corrected chi connectivity index (χ4v) is 3.82. The lowest BCUT2D eigenvalue weighted by Gasteiger charge is -2.19. The van der Waals surface area contributed by atoms with Crippen LogP contribution in [0.15, 0.2) is 53.6 Å². The quantitative estimate of drug-likeness (QED) is 0.714. The summed E-state index contributed by atoms with van der Waals surface area (Å²) in [7, 11) is -4.01. The van der Waals surface area contributed by atoms with E-state index in [-0.39, 0.29) is 22.0 Å². The van der Waals surface area contributed by atoms with Crippen molar-refractivity contribution >= 4 is 32.5 Å². The summed E-state index contributed by atoms with van der Waals surface area (Å²) in [5, 5.41) is 0.565. The first kappa shape index (κ1) is 19.1. The van der Waals surface area contributed by atoms with Crippen molar-refractivity contribution in [3.63, 3.8) is 0 Å². The molecule has 0 aliphatic heterocycles. The first-order chi connectivity index (χ1) is 12.5. The number of benzene rings is 2. The summed E-state index contributed by atoms with van der Waals surface area (Å²) >= 11 is 0. The van der Waals surface area contributed by atoms with E-state index in [1.807, 2.05) is 6.92 Å². The highest BCUT2D eigenvalue weighted by molar-refractivity contribution is 7.92. The van der Waals surface area contributed by atoms with Gasteiger partial charge in [-0.15, -0.1) is 0 Å². The number of nitrogens with one attached hydrogen (secondary N) is 1. The van der Waals surface area contributed by atoms with Gasteiger partial charge in [0, 0.05) is 17.0 Å². The Morgan fingerprint density at radius 3 is 2.26 bits per heavy atom. The fourth-order valence-electron chi connectivity index (χ4n) is 2.74. The van der Waals surface area contributed by atoms with Crippen LogP contribution in [0.1, 0.15) is 31.1 Å². The van der Waals surface area contributed by atoms with Crippen molar-refractivity contribution in [2.75, 3.05) is 4.72 Å². The number of fused-ring (bicyclic) bond motifs is 1. The van der Waals surface area contributed by atoms with Crippen LogP contribution in [-0.4, -0.2) is 18.9 Å². The molecule has 7 heteroatoms. The SMILES string of the molecule is Cc1ccc(S(=O)(=O)Nc2c(F)ccc3ccn(C(=O)C(C)(C)C)c23)cc1. The summed E-state index contributed by atoms with van der Waals surface area (Å²) < 4.78 is 43.7. The number of carbonyl (C=O) groups is 1. The number of halogens is 1. The van der Waals surface area contributed by atoms with Gasteiger partial charge in [-0.3, -0.25) is 14.1 Å². The number of aromatic nitrogens is 1. The van der Waals surface area contributed by atoms with E-state index in [1.165, 1.54) is 35.0 Å². The van der Waals surface area contributed by atoms with E-state index >= 15 is 0 Å². The minimum absolute atomic E-state index is 0.0183. The Morgan fingerprint density at radius 1 is 1.04 bits per heavy atom. The number of carbonyl (C=O) groups excluding carboxylic acids is 1. The highest BCUT2D eigenvalue weighted by Crippen LogP contribution is 2.31. The maximum Gasteiger partial charge on any atom is 0.262 e. The lowest BCUT2D eigenvalue weighted by Crippen LogP contribution is -2.26. The zero-order valence-electron chi connectivity index (χ0n) is 15.6. The van der Waals surface area contributed by atoms with Crippen molar-refractivity contribution in [2.24, 2.45) is 5.41 Å². The van der Waals surface area contributed by atoms with Crippen molar-refractivity contribution < 1.29 is 17.6 Å². The summed E-state index contributed by atoms with van der Waals surface area (Å²) in [5.74, 6) is -1.02. The summed E-state index contributed by atoms with van der Waals surface area (Å²) in [6, 6.07) is 10.6. The number of anilines is 1. The van der Waals surface area contributed by atoms with Crippen LogP contribution < -0.4 is 4.72 Å². The lowest BCUT2D eigenvalue weighted by molar-refractivity contribution is 0.0773. The van der Waals surface area contributed by atoms with Gasteiger partial charge in [0.15, 0.2) is 0 Å². The van der Waals surface area contributed by atoms with Gasteiger partial charge in [0.05, 0.1) is 10.4 Å². The maximum atomic E-state index is 14.6. The molecule has 0 aliphatic carbocycles. The third-order valence-electron chi connectivity index (χ3n) is 4.23. The van der Waals surface area contributed by atoms with Gasteiger partial charge in [-0.1, -0.05) is 38.5 Å². The van der Waals surface area contributed by atoms with E-state index in [2.05, 4.69) is 4.72 Å². The molecule has 3 rings (SSSR count). The molecule has 1 N–H and O–H groups in total. The van der Waals surface area contributed by atoms with Gasteiger partial charge in [0.25, 0.3) is 10.0 Å². The van der Waals surface area contributed by atoms with Crippen LogP contribution in [-0.2, 0) is 10.0 Å². The van der Waals surface area contributed by atoms with E-state index in [0.717, 1.165) is 5.56 Å². The van der Waals surface area contributed by atoms with Gasteiger partial charge < -0.3 is 0 Å². The number of aryl methyl sites for hydroxylation is 1. The molecule has 0 unspecified atom stereocenters. The van der Waals surface area contributed by atoms with Crippen molar-refractivity contribution in [2.45, 2.75) is 32.6 Å². The third-order valence-corrected chi connectivity index (χ3v) is 5.60. The van der Waals surface area contributed by atoms with Gasteiger partial charge in [-0.05, 0) is 37.3 Å². The predicted molar refractivity (Wildman–Crippen MR) is 104 cm³/mol. The highest BCUT2D eigenvalue weighted by Gasteiger charge is 2.27. The molecule has 1 aromatic heterocycles. The zero-order valence-corrected chi connectivity index (χ0v) is 16.4. The molecule has 0 saturated carbocycles. The monoisotopic (exact) mass is 388 g/mol. The number of hydrogen-bond donors (Lipinski definition) is 1. The zero-order chi connectivity index (χ0) is 20.0. The molecule has 2 aromatic carbocycles. The maximum absolute atomic E-state index is 14.6. The molecule has 0 atom stereocenters. The lowest BCUT2D eigenvalue weighted by atomic mass is 9.95. The summed E-state index contributed by atoms with van der Waals surface area (Å²) in [5.41, 5.74) is 0.152. The van der Waals surface area contributed by atoms with Crippen LogP contribution in [0.5, 0.6) is 0 Å². The van der Waals surface area contributed by atoms with Crippen LogP contribution in [0.2, 0.25) is 0 Å². The summed E-state index contributed by atoms with van der Waals surface area (Å²) in [6.45, 7) is 7.08. The van der Waals surface area contributed by atoms with Crippen LogP contribution in [0.25, 0.3) is 10.9 Å². The van der Waals surface area contributed by atoms with Gasteiger partial charge >= 0.3 is 0 Å². The normalized spacial score (nSPS) is 12.3. The standard InChI is InChI=1S/C20H21FN2O3S/c1-13-5-8-15(9-6-13)27(25,26)22-17-16(21)10-7-14-11-12-23(18(14)17)19(24)20(2,3)4/h5-12,22H,1-4H3. The van der Waals surface area contributed by atoms with Gasteiger partial charge in [-0.2, -0.15) is 0 Å². The largest absolute Gasteiger partial charge is 0.285 e. The van der Waals surface area contributed by atoms with Crippen LogP contribution >= 0.6 is 0 Å². The van der Waals surface area contributed by atoms with E-state index in [9.17, 15) is 17.6 Å². The Morgan fingerprint density at radius 2 is 1.67 bits per heavy atom. The van der Waals surface area contributed by atoms with E-state index < -0.39 is 21.3 Å². The minimum Gasteiger partial charge on any atom is -0.285 e. The molecule has 0 bridgehead atoms. The van der Waals surface area contributed by atoms with Crippen molar-refractivity contribution in [3.8, 4) is 0 Å².